The van der Waals surface area contributed by atoms with Crippen LogP contribution in [0.4, 0.5) is 0 Å². The molecule has 1 aromatic heterocycles. The van der Waals surface area contributed by atoms with Crippen molar-refractivity contribution in [3.63, 3.8) is 0 Å². The van der Waals surface area contributed by atoms with E-state index in [1.54, 1.807) is 6.92 Å². The molecular weight excluding hydrogens is 210 g/mol. The molecule has 0 radical (unpaired) electrons. The van der Waals surface area contributed by atoms with Gasteiger partial charge in [0.25, 0.3) is 5.03 Å². The molecule has 0 aliphatic rings. The molecule has 4 nitrogen and oxygen atoms in total. The first-order chi connectivity index (χ1) is 7.06. The van der Waals surface area contributed by atoms with Crippen molar-refractivity contribution in [3.05, 3.63) is 17.1 Å². The molecule has 5 heteroatoms. The molecule has 1 aromatic rings. The first-order valence-electron chi connectivity index (χ1n) is 5.06. The highest BCUT2D eigenvalue weighted by atomic mass is 32.2. The van der Waals surface area contributed by atoms with Gasteiger partial charge >= 0.3 is 0 Å². The van der Waals surface area contributed by atoms with E-state index in [1.807, 2.05) is 6.92 Å². The lowest BCUT2D eigenvalue weighted by atomic mass is 10.1. The largest absolute Gasteiger partial charge is 0.592 e. The second-order valence-electron chi connectivity index (χ2n) is 3.54. The summed E-state index contributed by atoms with van der Waals surface area (Å²) in [6, 6.07) is 0. The Kier molecular flexibility index (Phi) is 4.50. The molecule has 0 saturated heterocycles. The number of hydrogen-bond donors (Lipinski definition) is 1. The van der Waals surface area contributed by atoms with Gasteiger partial charge in [0.05, 0.1) is 16.9 Å². The molecule has 0 aromatic carbocycles. The molecule has 15 heavy (non-hydrogen) atoms. The van der Waals surface area contributed by atoms with E-state index in [9.17, 15) is 4.55 Å². The minimum Gasteiger partial charge on any atom is -0.592 e. The average Bonchev–Trinajstić information content (AvgIpc) is 2.15. The van der Waals surface area contributed by atoms with Crippen LogP contribution in [0.15, 0.2) is 5.03 Å². The zero-order chi connectivity index (χ0) is 11.4. The quantitative estimate of drug-likeness (QED) is 0.623. The third-order valence-electron chi connectivity index (χ3n) is 2.26. The van der Waals surface area contributed by atoms with E-state index in [1.165, 1.54) is 0 Å². The third-order valence-corrected chi connectivity index (χ3v) is 2.98. The predicted octanol–water partition coefficient (Wildman–Crippen LogP) is 1.42. The van der Waals surface area contributed by atoms with Crippen molar-refractivity contribution in [1.82, 2.24) is 9.97 Å². The van der Waals surface area contributed by atoms with E-state index >= 15 is 0 Å². The molecule has 1 heterocycles. The Hall–Kier alpha value is -0.650. The van der Waals surface area contributed by atoms with Crippen LogP contribution < -0.4 is 5.14 Å². The van der Waals surface area contributed by atoms with Crippen molar-refractivity contribution in [2.24, 2.45) is 5.14 Å². The first-order valence-corrected chi connectivity index (χ1v) is 6.27. The summed E-state index contributed by atoms with van der Waals surface area (Å²) >= 11 is -1.52. The fraction of sp³-hybridized carbons (Fsp3) is 0.600. The SMILES string of the molecule is CCCCc1c(C)nc(C)nc1[S+](N)[O-]. The molecule has 0 fully saturated rings. The van der Waals surface area contributed by atoms with Crippen molar-refractivity contribution in [3.8, 4) is 0 Å². The maximum Gasteiger partial charge on any atom is 0.272 e. The third kappa shape index (κ3) is 3.15. The summed E-state index contributed by atoms with van der Waals surface area (Å²) < 4.78 is 11.3. The Morgan fingerprint density at radius 3 is 2.53 bits per heavy atom. The maximum atomic E-state index is 11.3. The predicted molar refractivity (Wildman–Crippen MR) is 60.7 cm³/mol. The monoisotopic (exact) mass is 227 g/mol. The fourth-order valence-electron chi connectivity index (χ4n) is 1.51. The van der Waals surface area contributed by atoms with Gasteiger partial charge in [-0.1, -0.05) is 13.3 Å². The van der Waals surface area contributed by atoms with Gasteiger partial charge in [0.1, 0.15) is 5.82 Å². The molecule has 0 aliphatic carbocycles. The minimum atomic E-state index is -1.52. The lowest BCUT2D eigenvalue weighted by Crippen LogP contribution is -2.19. The minimum absolute atomic E-state index is 0.494. The molecule has 0 aliphatic heterocycles. The van der Waals surface area contributed by atoms with Crippen molar-refractivity contribution in [1.29, 1.82) is 0 Å². The van der Waals surface area contributed by atoms with Crippen LogP contribution in [-0.2, 0) is 17.8 Å². The van der Waals surface area contributed by atoms with Gasteiger partial charge in [-0.05, 0) is 26.7 Å². The number of aryl methyl sites for hydroxylation is 2. The Labute approximate surface area is 93.6 Å². The van der Waals surface area contributed by atoms with Crippen LogP contribution >= 0.6 is 0 Å². The van der Waals surface area contributed by atoms with Crippen molar-refractivity contribution in [2.45, 2.75) is 45.1 Å². The van der Waals surface area contributed by atoms with Crippen LogP contribution in [-0.4, -0.2) is 14.5 Å². The molecular formula is C10H17N3OS. The molecule has 84 valence electrons. The number of nitrogens with two attached hydrogens (primary N) is 1. The zero-order valence-corrected chi connectivity index (χ0v) is 10.2. The number of aromatic nitrogens is 2. The summed E-state index contributed by atoms with van der Waals surface area (Å²) in [4.78, 5) is 8.42. The van der Waals surface area contributed by atoms with E-state index in [0.717, 1.165) is 30.5 Å². The van der Waals surface area contributed by atoms with Crippen LogP contribution in [0.25, 0.3) is 0 Å². The summed E-state index contributed by atoms with van der Waals surface area (Å²) in [6.07, 6.45) is 2.97. The van der Waals surface area contributed by atoms with Gasteiger partial charge in [0, 0.05) is 5.69 Å². The highest BCUT2D eigenvalue weighted by molar-refractivity contribution is 7.89. The maximum absolute atomic E-state index is 11.3. The van der Waals surface area contributed by atoms with E-state index in [2.05, 4.69) is 16.9 Å². The van der Waals surface area contributed by atoms with Crippen LogP contribution in [0.2, 0.25) is 0 Å². The number of unbranched alkanes of at least 4 members (excludes halogenated alkanes) is 1. The second kappa shape index (κ2) is 5.44. The summed E-state index contributed by atoms with van der Waals surface area (Å²) in [5, 5.41) is 5.90. The number of rotatable bonds is 4. The summed E-state index contributed by atoms with van der Waals surface area (Å²) in [6.45, 7) is 5.81. The van der Waals surface area contributed by atoms with Gasteiger partial charge < -0.3 is 4.55 Å². The molecule has 0 bridgehead atoms. The smallest absolute Gasteiger partial charge is 0.272 e. The molecule has 1 atom stereocenters. The molecule has 1 rings (SSSR count). The van der Waals surface area contributed by atoms with Gasteiger partial charge in [0.15, 0.2) is 0 Å². The number of hydrogen-bond acceptors (Lipinski definition) is 4. The molecule has 0 spiro atoms. The van der Waals surface area contributed by atoms with Crippen LogP contribution in [0, 0.1) is 13.8 Å². The van der Waals surface area contributed by atoms with Gasteiger partial charge in [-0.25, -0.2) is 4.98 Å². The summed E-state index contributed by atoms with van der Waals surface area (Å²) in [5.74, 6) is 0.626. The zero-order valence-electron chi connectivity index (χ0n) is 9.41. The summed E-state index contributed by atoms with van der Waals surface area (Å²) in [7, 11) is 0. The first kappa shape index (κ1) is 12.4. The Bertz CT molecular complexity index is 342. The highest BCUT2D eigenvalue weighted by Gasteiger charge is 2.18. The van der Waals surface area contributed by atoms with Gasteiger partial charge in [-0.15, -0.1) is 5.14 Å². The lowest BCUT2D eigenvalue weighted by Gasteiger charge is -2.10. The Morgan fingerprint density at radius 2 is 2.00 bits per heavy atom. The Morgan fingerprint density at radius 1 is 1.33 bits per heavy atom. The second-order valence-corrected chi connectivity index (χ2v) is 4.52. The average molecular weight is 227 g/mol. The van der Waals surface area contributed by atoms with Crippen LogP contribution in [0.1, 0.15) is 36.8 Å². The van der Waals surface area contributed by atoms with Crippen molar-refractivity contribution >= 4 is 11.4 Å². The molecule has 1 unspecified atom stereocenters. The lowest BCUT2D eigenvalue weighted by molar-refractivity contribution is 0.588. The Balaban J connectivity index is 3.09. The van der Waals surface area contributed by atoms with E-state index < -0.39 is 11.4 Å². The van der Waals surface area contributed by atoms with E-state index in [0.29, 0.717) is 10.9 Å². The molecule has 0 saturated carbocycles. The topological polar surface area (TPSA) is 74.9 Å². The highest BCUT2D eigenvalue weighted by Crippen LogP contribution is 2.17. The fourth-order valence-corrected chi connectivity index (χ4v) is 2.23. The van der Waals surface area contributed by atoms with Crippen molar-refractivity contribution < 1.29 is 4.55 Å². The normalized spacial score (nSPS) is 12.9. The van der Waals surface area contributed by atoms with Gasteiger partial charge in [-0.2, -0.15) is 4.98 Å². The van der Waals surface area contributed by atoms with E-state index in [-0.39, 0.29) is 0 Å². The molecule has 2 N–H and O–H groups in total. The molecule has 0 amide bonds. The summed E-state index contributed by atoms with van der Waals surface area (Å²) in [5.41, 5.74) is 1.84. The van der Waals surface area contributed by atoms with E-state index in [4.69, 9.17) is 5.14 Å². The van der Waals surface area contributed by atoms with Crippen molar-refractivity contribution in [2.75, 3.05) is 0 Å². The number of nitrogens with zero attached hydrogens (tertiary/aromatic N) is 2. The standard InChI is InChI=1S/C10H17N3OS/c1-4-5-6-9-7(2)12-8(3)13-10(9)15(11)14/h4-6,11H2,1-3H3. The van der Waals surface area contributed by atoms with Crippen LogP contribution in [0.5, 0.6) is 0 Å². The van der Waals surface area contributed by atoms with Gasteiger partial charge in [-0.3, -0.25) is 0 Å². The van der Waals surface area contributed by atoms with Gasteiger partial charge in [0.2, 0.25) is 0 Å². The van der Waals surface area contributed by atoms with Crippen LogP contribution in [0.3, 0.4) is 0 Å².